The van der Waals surface area contributed by atoms with Crippen LogP contribution in [0.5, 0.6) is 0 Å². The number of carbonyl (C=O) groups excluding carboxylic acids is 3. The number of nitrogens with one attached hydrogen (secondary N) is 1. The third kappa shape index (κ3) is 3.83. The molecule has 3 rings (SSSR count). The number of allylic oxidation sites excluding steroid dienone is 1. The molecule has 1 heterocycles. The fourth-order valence-corrected chi connectivity index (χ4v) is 3.52. The molecule has 1 unspecified atom stereocenters. The minimum absolute atomic E-state index is 0.268. The normalized spacial score (nSPS) is 18.7. The largest absolute Gasteiger partial charge is 0.466 e. The molecule has 10 heteroatoms. The number of amides is 2. The van der Waals surface area contributed by atoms with Crippen LogP contribution in [0.25, 0.3) is 0 Å². The van der Waals surface area contributed by atoms with E-state index in [0.717, 1.165) is 36.3 Å². The molecule has 0 spiro atoms. The van der Waals surface area contributed by atoms with Crippen molar-refractivity contribution in [1.82, 2.24) is 10.2 Å². The molecule has 0 radical (unpaired) electrons. The maximum atomic E-state index is 14.5. The summed E-state index contributed by atoms with van der Waals surface area (Å²) in [6, 6.07) is 11.9. The van der Waals surface area contributed by atoms with E-state index in [1.807, 2.05) is 0 Å². The lowest BCUT2D eigenvalue weighted by molar-refractivity contribution is -0.192. The van der Waals surface area contributed by atoms with E-state index in [2.05, 4.69) is 4.74 Å². The fourth-order valence-electron chi connectivity index (χ4n) is 3.52. The molecule has 0 aromatic heterocycles. The summed E-state index contributed by atoms with van der Waals surface area (Å²) in [5, 5.41) is 1.69. The van der Waals surface area contributed by atoms with Crippen LogP contribution in [0.15, 0.2) is 65.9 Å². The fraction of sp³-hybridized carbons (Fsp3) is 0.227. The smallest absolute Gasteiger partial charge is 0.425 e. The van der Waals surface area contributed by atoms with Gasteiger partial charge in [-0.1, -0.05) is 30.3 Å². The first-order chi connectivity index (χ1) is 15.0. The molecule has 0 aliphatic carbocycles. The number of ether oxygens (including phenoxy) is 1. The molecular formula is C22H18F4N2O4. The summed E-state index contributed by atoms with van der Waals surface area (Å²) in [5.41, 5.74) is -4.84. The highest BCUT2D eigenvalue weighted by Gasteiger charge is 2.70. The van der Waals surface area contributed by atoms with Crippen LogP contribution in [-0.2, 0) is 20.9 Å². The number of rotatable bonds is 5. The number of hydrogen-bond acceptors (Lipinski definition) is 4. The van der Waals surface area contributed by atoms with Crippen molar-refractivity contribution >= 4 is 17.8 Å². The minimum atomic E-state index is -5.39. The molecule has 0 bridgehead atoms. The van der Waals surface area contributed by atoms with Crippen LogP contribution >= 0.6 is 0 Å². The highest BCUT2D eigenvalue weighted by atomic mass is 19.4. The van der Waals surface area contributed by atoms with E-state index in [-0.39, 0.29) is 17.8 Å². The third-order valence-corrected chi connectivity index (χ3v) is 5.11. The Morgan fingerprint density at radius 1 is 1.06 bits per heavy atom. The minimum Gasteiger partial charge on any atom is -0.466 e. The second-order valence-corrected chi connectivity index (χ2v) is 7.04. The summed E-state index contributed by atoms with van der Waals surface area (Å²) in [6.07, 6.45) is -5.39. The number of nitrogens with zero attached hydrogens (tertiary/aromatic N) is 1. The van der Waals surface area contributed by atoms with Crippen LogP contribution in [0.2, 0.25) is 0 Å². The first-order valence-corrected chi connectivity index (χ1v) is 9.33. The van der Waals surface area contributed by atoms with Crippen molar-refractivity contribution in [2.75, 3.05) is 7.11 Å². The van der Waals surface area contributed by atoms with Gasteiger partial charge in [-0.2, -0.15) is 13.2 Å². The van der Waals surface area contributed by atoms with Gasteiger partial charge in [0, 0.05) is 11.3 Å². The number of alkyl halides is 3. The molecule has 1 atom stereocenters. The molecule has 1 aliphatic rings. The van der Waals surface area contributed by atoms with Gasteiger partial charge in [-0.15, -0.1) is 0 Å². The van der Waals surface area contributed by atoms with Crippen LogP contribution in [0.3, 0.4) is 0 Å². The highest BCUT2D eigenvalue weighted by molar-refractivity contribution is 6.11. The van der Waals surface area contributed by atoms with E-state index in [9.17, 15) is 31.9 Å². The summed E-state index contributed by atoms with van der Waals surface area (Å²) in [4.78, 5) is 39.1. The molecule has 6 nitrogen and oxygen atoms in total. The lowest BCUT2D eigenvalue weighted by Crippen LogP contribution is -2.66. The Hall–Kier alpha value is -3.69. The number of halogens is 4. The SMILES string of the molecule is COC(=O)C1=C(C)N(Cc2ccccc2)C(=O)C1(NC(=O)c1ccc(F)cc1)C(F)(F)F. The van der Waals surface area contributed by atoms with Crippen molar-refractivity contribution < 1.29 is 36.7 Å². The number of carbonyl (C=O) groups is 3. The average Bonchev–Trinajstić information content (AvgIpc) is 2.96. The summed E-state index contributed by atoms with van der Waals surface area (Å²) in [6.45, 7) is 0.904. The second-order valence-electron chi connectivity index (χ2n) is 7.04. The van der Waals surface area contributed by atoms with Crippen molar-refractivity contribution in [2.45, 2.75) is 25.2 Å². The quantitative estimate of drug-likeness (QED) is 0.560. The van der Waals surface area contributed by atoms with Gasteiger partial charge in [0.1, 0.15) is 11.4 Å². The molecule has 0 saturated carbocycles. The lowest BCUT2D eigenvalue weighted by atomic mass is 9.88. The zero-order valence-corrected chi connectivity index (χ0v) is 17.0. The highest BCUT2D eigenvalue weighted by Crippen LogP contribution is 2.45. The Kier molecular flexibility index (Phi) is 6.07. The average molecular weight is 450 g/mol. The van der Waals surface area contributed by atoms with E-state index in [1.165, 1.54) is 6.92 Å². The molecule has 168 valence electrons. The van der Waals surface area contributed by atoms with E-state index in [1.54, 1.807) is 35.6 Å². The number of benzene rings is 2. The van der Waals surface area contributed by atoms with Crippen molar-refractivity contribution in [3.63, 3.8) is 0 Å². The van der Waals surface area contributed by atoms with Crippen molar-refractivity contribution in [2.24, 2.45) is 0 Å². The Labute approximate surface area is 180 Å². The molecule has 32 heavy (non-hydrogen) atoms. The summed E-state index contributed by atoms with van der Waals surface area (Å²) < 4.78 is 61.1. The summed E-state index contributed by atoms with van der Waals surface area (Å²) in [5.74, 6) is -4.99. The van der Waals surface area contributed by atoms with E-state index in [4.69, 9.17) is 0 Å². The molecule has 0 fully saturated rings. The van der Waals surface area contributed by atoms with Gasteiger partial charge in [0.25, 0.3) is 17.4 Å². The van der Waals surface area contributed by atoms with Gasteiger partial charge < -0.3 is 15.0 Å². The van der Waals surface area contributed by atoms with E-state index >= 15 is 0 Å². The monoisotopic (exact) mass is 450 g/mol. The second kappa shape index (κ2) is 8.45. The van der Waals surface area contributed by atoms with E-state index in [0.29, 0.717) is 5.56 Å². The van der Waals surface area contributed by atoms with Gasteiger partial charge in [0.05, 0.1) is 13.7 Å². The third-order valence-electron chi connectivity index (χ3n) is 5.11. The Morgan fingerprint density at radius 3 is 2.19 bits per heavy atom. The van der Waals surface area contributed by atoms with Gasteiger partial charge in [-0.05, 0) is 36.8 Å². The lowest BCUT2D eigenvalue weighted by Gasteiger charge is -2.33. The molecular weight excluding hydrogens is 432 g/mol. The van der Waals surface area contributed by atoms with Crippen LogP contribution in [-0.4, -0.2) is 41.5 Å². The maximum absolute atomic E-state index is 14.5. The number of esters is 1. The molecule has 1 N–H and O–H groups in total. The Morgan fingerprint density at radius 2 is 1.66 bits per heavy atom. The topological polar surface area (TPSA) is 75.7 Å². The molecule has 2 aromatic rings. The van der Waals surface area contributed by atoms with Gasteiger partial charge in [-0.3, -0.25) is 9.59 Å². The maximum Gasteiger partial charge on any atom is 0.425 e. The van der Waals surface area contributed by atoms with Crippen LogP contribution in [0.4, 0.5) is 17.6 Å². The number of hydrogen-bond donors (Lipinski definition) is 1. The molecule has 1 aliphatic heterocycles. The molecule has 0 saturated heterocycles. The first-order valence-electron chi connectivity index (χ1n) is 9.33. The summed E-state index contributed by atoms with van der Waals surface area (Å²) >= 11 is 0. The summed E-state index contributed by atoms with van der Waals surface area (Å²) in [7, 11) is 0.871. The van der Waals surface area contributed by atoms with Gasteiger partial charge in [0.15, 0.2) is 0 Å². The van der Waals surface area contributed by atoms with Crippen molar-refractivity contribution in [3.8, 4) is 0 Å². The molecule has 2 amide bonds. The van der Waals surface area contributed by atoms with Gasteiger partial charge >= 0.3 is 12.1 Å². The first kappa shape index (κ1) is 23.0. The number of methoxy groups -OCH3 is 1. The Bertz CT molecular complexity index is 1080. The standard InChI is InChI=1S/C22H18F4N2O4/c1-13-17(19(30)32-2)21(22(24,25)26,27-18(29)15-8-10-16(23)11-9-15)20(31)28(13)12-14-6-4-3-5-7-14/h3-11H,12H2,1-2H3,(H,27,29). The van der Waals surface area contributed by atoms with Gasteiger partial charge in [-0.25, -0.2) is 9.18 Å². The van der Waals surface area contributed by atoms with Crippen molar-refractivity contribution in [1.29, 1.82) is 0 Å². The van der Waals surface area contributed by atoms with Crippen molar-refractivity contribution in [3.05, 3.63) is 82.8 Å². The van der Waals surface area contributed by atoms with Crippen LogP contribution in [0.1, 0.15) is 22.8 Å². The Balaban J connectivity index is 2.13. The van der Waals surface area contributed by atoms with Crippen LogP contribution < -0.4 is 5.32 Å². The predicted molar refractivity (Wildman–Crippen MR) is 104 cm³/mol. The van der Waals surface area contributed by atoms with E-state index < -0.39 is 40.9 Å². The van der Waals surface area contributed by atoms with Gasteiger partial charge in [0.2, 0.25) is 0 Å². The molecule has 2 aromatic carbocycles. The predicted octanol–water partition coefficient (Wildman–Crippen LogP) is 3.35. The van der Waals surface area contributed by atoms with Crippen LogP contribution in [0, 0.1) is 5.82 Å². The zero-order valence-electron chi connectivity index (χ0n) is 17.0. The zero-order chi connectivity index (χ0) is 23.7.